The molecular formula is C19H30N4O2. The summed E-state index contributed by atoms with van der Waals surface area (Å²) < 4.78 is 0. The Morgan fingerprint density at radius 3 is 2.56 bits per heavy atom. The van der Waals surface area contributed by atoms with Crippen LogP contribution in [-0.4, -0.2) is 35.8 Å². The van der Waals surface area contributed by atoms with Crippen LogP contribution in [0, 0.1) is 11.8 Å². The van der Waals surface area contributed by atoms with Crippen molar-refractivity contribution in [2.45, 2.75) is 45.7 Å². The molecule has 0 spiro atoms. The van der Waals surface area contributed by atoms with Crippen LogP contribution >= 0.6 is 0 Å². The van der Waals surface area contributed by atoms with Crippen molar-refractivity contribution in [3.63, 3.8) is 0 Å². The highest BCUT2D eigenvalue weighted by Gasteiger charge is 2.23. The number of anilines is 1. The number of hydrogen-bond donors (Lipinski definition) is 3. The number of likely N-dealkylation sites (tertiary alicyclic amines) is 1. The van der Waals surface area contributed by atoms with Gasteiger partial charge >= 0.3 is 0 Å². The Labute approximate surface area is 149 Å². The van der Waals surface area contributed by atoms with Crippen molar-refractivity contribution >= 4 is 17.5 Å². The van der Waals surface area contributed by atoms with Crippen LogP contribution in [-0.2, 0) is 16.1 Å². The molecule has 1 aromatic rings. The molecule has 1 heterocycles. The van der Waals surface area contributed by atoms with Crippen LogP contribution < -0.4 is 16.8 Å². The van der Waals surface area contributed by atoms with Crippen LogP contribution in [0.5, 0.6) is 0 Å². The van der Waals surface area contributed by atoms with Crippen molar-refractivity contribution in [3.8, 4) is 0 Å². The molecule has 1 aliphatic heterocycles. The zero-order valence-electron chi connectivity index (χ0n) is 15.2. The first kappa shape index (κ1) is 19.4. The van der Waals surface area contributed by atoms with Gasteiger partial charge in [-0.3, -0.25) is 14.5 Å². The third kappa shape index (κ3) is 6.14. The lowest BCUT2D eigenvalue weighted by Crippen LogP contribution is -2.40. The van der Waals surface area contributed by atoms with Crippen LogP contribution in [0.4, 0.5) is 5.69 Å². The Morgan fingerprint density at radius 1 is 1.28 bits per heavy atom. The molecule has 0 aliphatic carbocycles. The highest BCUT2D eigenvalue weighted by Crippen LogP contribution is 2.19. The molecule has 25 heavy (non-hydrogen) atoms. The summed E-state index contributed by atoms with van der Waals surface area (Å²) in [5.74, 6) is -0.0195. The summed E-state index contributed by atoms with van der Waals surface area (Å²) in [7, 11) is 0. The smallest absolute Gasteiger partial charge is 0.241 e. The van der Waals surface area contributed by atoms with Crippen molar-refractivity contribution in [1.82, 2.24) is 4.90 Å². The minimum Gasteiger partial charge on any atom is -0.369 e. The van der Waals surface area contributed by atoms with Gasteiger partial charge in [0.05, 0.1) is 12.0 Å². The number of primary amides is 1. The number of piperidine rings is 1. The number of rotatable bonds is 7. The molecule has 1 saturated heterocycles. The number of amides is 2. The topological polar surface area (TPSA) is 101 Å². The second kappa shape index (κ2) is 8.97. The SMILES string of the molecule is CC(C)C[C@H](N)C(=O)Nc1ccc(CN2CCCC(C(N)=O)C2)cc1. The molecule has 0 radical (unpaired) electrons. The molecule has 0 saturated carbocycles. The van der Waals surface area contributed by atoms with Gasteiger partial charge in [0, 0.05) is 18.8 Å². The summed E-state index contributed by atoms with van der Waals surface area (Å²) in [5, 5.41) is 2.86. The molecule has 1 unspecified atom stereocenters. The van der Waals surface area contributed by atoms with Crippen LogP contribution in [0.15, 0.2) is 24.3 Å². The number of carbonyl (C=O) groups is 2. The zero-order chi connectivity index (χ0) is 18.4. The summed E-state index contributed by atoms with van der Waals surface area (Å²) in [5.41, 5.74) is 13.2. The number of benzene rings is 1. The fourth-order valence-corrected chi connectivity index (χ4v) is 3.23. The first-order valence-electron chi connectivity index (χ1n) is 9.02. The van der Waals surface area contributed by atoms with E-state index in [1.807, 2.05) is 38.1 Å². The van der Waals surface area contributed by atoms with Gasteiger partial charge in [-0.25, -0.2) is 0 Å². The molecule has 1 aliphatic rings. The maximum absolute atomic E-state index is 12.1. The third-order valence-corrected chi connectivity index (χ3v) is 4.60. The Bertz CT molecular complexity index is 586. The second-order valence-corrected chi connectivity index (χ2v) is 7.40. The van der Waals surface area contributed by atoms with E-state index < -0.39 is 6.04 Å². The molecule has 0 bridgehead atoms. The van der Waals surface area contributed by atoms with Gasteiger partial charge in [-0.15, -0.1) is 0 Å². The largest absolute Gasteiger partial charge is 0.369 e. The third-order valence-electron chi connectivity index (χ3n) is 4.60. The van der Waals surface area contributed by atoms with Crippen molar-refractivity contribution in [2.24, 2.45) is 23.3 Å². The summed E-state index contributed by atoms with van der Waals surface area (Å²) in [6, 6.07) is 7.30. The van der Waals surface area contributed by atoms with Crippen LogP contribution in [0.2, 0.25) is 0 Å². The van der Waals surface area contributed by atoms with Crippen molar-refractivity contribution in [2.75, 3.05) is 18.4 Å². The van der Waals surface area contributed by atoms with E-state index in [0.717, 1.165) is 43.7 Å². The lowest BCUT2D eigenvalue weighted by molar-refractivity contribution is -0.123. The quantitative estimate of drug-likeness (QED) is 0.699. The summed E-state index contributed by atoms with van der Waals surface area (Å²) in [6.45, 7) is 6.58. The van der Waals surface area contributed by atoms with Gasteiger partial charge in [0.25, 0.3) is 0 Å². The van der Waals surface area contributed by atoms with Crippen molar-refractivity contribution < 1.29 is 9.59 Å². The lowest BCUT2D eigenvalue weighted by atomic mass is 9.97. The van der Waals surface area contributed by atoms with Crippen LogP contribution in [0.25, 0.3) is 0 Å². The zero-order valence-corrected chi connectivity index (χ0v) is 15.2. The monoisotopic (exact) mass is 346 g/mol. The Morgan fingerprint density at radius 2 is 1.96 bits per heavy atom. The van der Waals surface area contributed by atoms with Gasteiger partial charge in [-0.1, -0.05) is 26.0 Å². The molecular weight excluding hydrogens is 316 g/mol. The average Bonchev–Trinajstić information content (AvgIpc) is 2.56. The van der Waals surface area contributed by atoms with Crippen molar-refractivity contribution in [3.05, 3.63) is 29.8 Å². The molecule has 5 N–H and O–H groups in total. The Kier molecular flexibility index (Phi) is 6.96. The van der Waals surface area contributed by atoms with Gasteiger partial charge in [-0.2, -0.15) is 0 Å². The number of nitrogens with zero attached hydrogens (tertiary/aromatic N) is 1. The highest BCUT2D eigenvalue weighted by atomic mass is 16.2. The Balaban J connectivity index is 1.87. The van der Waals surface area contributed by atoms with E-state index in [2.05, 4.69) is 10.2 Å². The molecule has 138 valence electrons. The molecule has 1 aromatic carbocycles. The molecule has 2 atom stereocenters. The van der Waals surface area contributed by atoms with Gasteiger partial charge in [0.2, 0.25) is 11.8 Å². The van der Waals surface area contributed by atoms with Crippen molar-refractivity contribution in [1.29, 1.82) is 0 Å². The van der Waals surface area contributed by atoms with Crippen LogP contribution in [0.3, 0.4) is 0 Å². The van der Waals surface area contributed by atoms with Crippen LogP contribution in [0.1, 0.15) is 38.7 Å². The normalized spacial score (nSPS) is 19.6. The fraction of sp³-hybridized carbons (Fsp3) is 0.579. The second-order valence-electron chi connectivity index (χ2n) is 7.40. The van der Waals surface area contributed by atoms with E-state index in [9.17, 15) is 9.59 Å². The van der Waals surface area contributed by atoms with E-state index in [1.165, 1.54) is 0 Å². The predicted octanol–water partition coefficient (Wildman–Crippen LogP) is 1.70. The van der Waals surface area contributed by atoms with Gasteiger partial charge in [-0.05, 0) is 49.4 Å². The van der Waals surface area contributed by atoms with E-state index >= 15 is 0 Å². The molecule has 2 rings (SSSR count). The highest BCUT2D eigenvalue weighted by molar-refractivity contribution is 5.94. The summed E-state index contributed by atoms with van der Waals surface area (Å²) >= 11 is 0. The molecule has 0 aromatic heterocycles. The van der Waals surface area contributed by atoms with E-state index in [4.69, 9.17) is 11.5 Å². The average molecular weight is 346 g/mol. The lowest BCUT2D eigenvalue weighted by Gasteiger charge is -2.31. The van der Waals surface area contributed by atoms with Gasteiger partial charge < -0.3 is 16.8 Å². The number of nitrogens with one attached hydrogen (secondary N) is 1. The molecule has 6 heteroatoms. The summed E-state index contributed by atoms with van der Waals surface area (Å²) in [6.07, 6.45) is 2.54. The van der Waals surface area contributed by atoms with E-state index in [1.54, 1.807) is 0 Å². The number of nitrogens with two attached hydrogens (primary N) is 2. The maximum atomic E-state index is 12.1. The Hall–Kier alpha value is -1.92. The standard InChI is InChI=1S/C19H30N4O2/c1-13(2)10-17(20)19(25)22-16-7-5-14(6-8-16)11-23-9-3-4-15(12-23)18(21)24/h5-8,13,15,17H,3-4,9-12,20H2,1-2H3,(H2,21,24)(H,22,25)/t15?,17-/m0/s1. The fourth-order valence-electron chi connectivity index (χ4n) is 3.23. The molecule has 6 nitrogen and oxygen atoms in total. The predicted molar refractivity (Wildman–Crippen MR) is 99.7 cm³/mol. The van der Waals surface area contributed by atoms with E-state index in [-0.39, 0.29) is 17.7 Å². The number of hydrogen-bond acceptors (Lipinski definition) is 4. The first-order valence-corrected chi connectivity index (χ1v) is 9.02. The minimum absolute atomic E-state index is 0.0465. The first-order chi connectivity index (χ1) is 11.8. The molecule has 2 amide bonds. The minimum atomic E-state index is -0.487. The van der Waals surface area contributed by atoms with Gasteiger partial charge in [0.15, 0.2) is 0 Å². The number of carbonyl (C=O) groups excluding carboxylic acids is 2. The summed E-state index contributed by atoms with van der Waals surface area (Å²) in [4.78, 5) is 25.7. The van der Waals surface area contributed by atoms with E-state index in [0.29, 0.717) is 12.3 Å². The maximum Gasteiger partial charge on any atom is 0.241 e. The molecule has 1 fully saturated rings. The van der Waals surface area contributed by atoms with Gasteiger partial charge in [0.1, 0.15) is 0 Å².